The molecule has 0 radical (unpaired) electrons. The number of hydrogen-bond donors (Lipinski definition) is 0. The van der Waals surface area contributed by atoms with E-state index in [-0.39, 0.29) is 0 Å². The topological polar surface area (TPSA) is 12.5 Å². The molecular weight excluding hydrogens is 210 g/mol. The van der Waals surface area contributed by atoms with Gasteiger partial charge in [-0.05, 0) is 39.2 Å². The molecule has 0 N–H and O–H groups in total. The Morgan fingerprint density at radius 3 is 2.36 bits per heavy atom. The maximum atomic E-state index is 5.23. The van der Waals surface area contributed by atoms with Gasteiger partial charge in [0.05, 0.1) is 6.61 Å². The van der Waals surface area contributed by atoms with Crippen LogP contribution in [-0.2, 0) is 4.74 Å². The molecule has 0 unspecified atom stereocenters. The maximum Gasteiger partial charge on any atom is 0.159 e. The zero-order chi connectivity index (χ0) is 11.2. The largest absolute Gasteiger partial charge is 0.487 e. The van der Waals surface area contributed by atoms with Crippen molar-refractivity contribution in [2.75, 3.05) is 20.2 Å². The number of thiocarbonyl (C=S) groups is 1. The molecule has 4 heteroatoms. The number of hydrogen-bond acceptors (Lipinski definition) is 3. The molecule has 2 nitrogen and oxygen atoms in total. The second kappa shape index (κ2) is 6.53. The molecule has 0 rings (SSSR count). The van der Waals surface area contributed by atoms with Crippen molar-refractivity contribution in [1.29, 1.82) is 0 Å². The third-order valence-electron chi connectivity index (χ3n) is 2.32. The highest BCUT2D eigenvalue weighted by Crippen LogP contribution is 2.08. The van der Waals surface area contributed by atoms with E-state index in [0.717, 1.165) is 24.4 Å². The van der Waals surface area contributed by atoms with E-state index in [1.165, 1.54) is 0 Å². The molecule has 0 aliphatic carbocycles. The van der Waals surface area contributed by atoms with Crippen LogP contribution < -0.4 is 0 Å². The Bertz CT molecular complexity index is 179. The lowest BCUT2D eigenvalue weighted by Gasteiger charge is -2.29. The van der Waals surface area contributed by atoms with E-state index in [1.807, 2.05) is 6.92 Å². The van der Waals surface area contributed by atoms with Crippen LogP contribution >= 0.6 is 12.2 Å². The fraction of sp³-hybridized carbons (Fsp3) is 0.900. The Balaban J connectivity index is 3.59. The molecule has 0 fully saturated rings. The first-order valence-corrected chi connectivity index (χ1v) is 9.10. The summed E-state index contributed by atoms with van der Waals surface area (Å²) < 4.78 is 7.71. The summed E-state index contributed by atoms with van der Waals surface area (Å²) in [6, 6.07) is 0. The highest BCUT2D eigenvalue weighted by Gasteiger charge is 2.18. The van der Waals surface area contributed by atoms with Gasteiger partial charge in [-0.3, -0.25) is 0 Å². The van der Waals surface area contributed by atoms with E-state index >= 15 is 0 Å². The monoisotopic (exact) mass is 233 g/mol. The Morgan fingerprint density at radius 2 is 1.93 bits per heavy atom. The third-order valence-corrected chi connectivity index (χ3v) is 5.16. The van der Waals surface area contributed by atoms with Gasteiger partial charge in [-0.25, -0.2) is 0 Å². The predicted octanol–water partition coefficient (Wildman–Crippen LogP) is 2.90. The molecular formula is C10H23NOSSi. The smallest absolute Gasteiger partial charge is 0.159 e. The zero-order valence-electron chi connectivity index (χ0n) is 10.1. The van der Waals surface area contributed by atoms with E-state index in [2.05, 4.69) is 31.3 Å². The first-order valence-electron chi connectivity index (χ1n) is 5.24. The minimum absolute atomic E-state index is 0.697. The molecule has 14 heavy (non-hydrogen) atoms. The molecule has 0 spiro atoms. The van der Waals surface area contributed by atoms with Crippen molar-refractivity contribution in [2.45, 2.75) is 39.4 Å². The van der Waals surface area contributed by atoms with Crippen molar-refractivity contribution in [3.63, 3.8) is 0 Å². The van der Waals surface area contributed by atoms with E-state index in [4.69, 9.17) is 17.0 Å². The lowest BCUT2D eigenvalue weighted by atomic mass is 10.3. The highest BCUT2D eigenvalue weighted by molar-refractivity contribution is 7.80. The van der Waals surface area contributed by atoms with E-state index < -0.39 is 8.24 Å². The highest BCUT2D eigenvalue weighted by atomic mass is 32.1. The summed E-state index contributed by atoms with van der Waals surface area (Å²) in [5.41, 5.74) is 0. The molecule has 0 saturated carbocycles. The Labute approximate surface area is 94.7 Å². The van der Waals surface area contributed by atoms with E-state index in [0.29, 0.717) is 6.61 Å². The summed E-state index contributed by atoms with van der Waals surface area (Å²) in [7, 11) is 1.10. The molecule has 0 bridgehead atoms. The van der Waals surface area contributed by atoms with E-state index in [9.17, 15) is 0 Å². The van der Waals surface area contributed by atoms with Crippen LogP contribution in [0.2, 0.25) is 19.6 Å². The van der Waals surface area contributed by atoms with Crippen molar-refractivity contribution in [3.8, 4) is 0 Å². The molecule has 84 valence electrons. The summed E-state index contributed by atoms with van der Waals surface area (Å²) in [4.78, 5) is 0. The quantitative estimate of drug-likeness (QED) is 0.517. The maximum absolute atomic E-state index is 5.23. The lowest BCUT2D eigenvalue weighted by molar-refractivity contribution is 0.324. The van der Waals surface area contributed by atoms with Crippen LogP contribution in [0.4, 0.5) is 0 Å². The molecule has 0 saturated heterocycles. The molecule has 0 amide bonds. The van der Waals surface area contributed by atoms with Crippen LogP contribution in [-0.4, -0.2) is 38.1 Å². The molecule has 0 aliphatic rings. The summed E-state index contributed by atoms with van der Waals surface area (Å²) in [6.45, 7) is 10.9. The average molecular weight is 233 g/mol. The van der Waals surface area contributed by atoms with Gasteiger partial charge >= 0.3 is 0 Å². The molecule has 0 atom stereocenters. The first kappa shape index (κ1) is 14.1. The Hall–Kier alpha value is 0.0669. The Kier molecular flexibility index (Phi) is 6.56. The van der Waals surface area contributed by atoms with E-state index in [1.54, 1.807) is 0 Å². The zero-order valence-corrected chi connectivity index (χ0v) is 11.9. The minimum atomic E-state index is -1.10. The van der Waals surface area contributed by atoms with Crippen LogP contribution in [0.15, 0.2) is 0 Å². The molecule has 0 aromatic carbocycles. The number of ether oxygens (including phenoxy) is 1. The summed E-state index contributed by atoms with van der Waals surface area (Å²) in [5, 5.41) is 0.761. The summed E-state index contributed by atoms with van der Waals surface area (Å²) in [6.07, 6.45) is 2.03. The number of nitrogens with zero attached hydrogens (tertiary/aromatic N) is 1. The van der Waals surface area contributed by atoms with Gasteiger partial charge in [0.15, 0.2) is 5.05 Å². The van der Waals surface area contributed by atoms with Gasteiger partial charge < -0.3 is 9.30 Å². The third kappa shape index (κ3) is 6.51. The van der Waals surface area contributed by atoms with Crippen molar-refractivity contribution >= 4 is 25.5 Å². The predicted molar refractivity (Wildman–Crippen MR) is 69.4 cm³/mol. The Morgan fingerprint density at radius 1 is 1.36 bits per heavy atom. The fourth-order valence-electron chi connectivity index (χ4n) is 1.03. The normalized spacial score (nSPS) is 11.9. The summed E-state index contributed by atoms with van der Waals surface area (Å²) >= 11 is 5.07. The van der Waals surface area contributed by atoms with Crippen molar-refractivity contribution in [3.05, 3.63) is 0 Å². The van der Waals surface area contributed by atoms with Crippen LogP contribution in [0.1, 0.15) is 19.8 Å². The molecule has 0 aromatic heterocycles. The second-order valence-electron chi connectivity index (χ2n) is 4.50. The minimum Gasteiger partial charge on any atom is -0.487 e. The molecule has 0 aromatic rings. The molecule has 0 aliphatic heterocycles. The van der Waals surface area contributed by atoms with Crippen molar-refractivity contribution < 1.29 is 4.74 Å². The number of rotatable bonds is 6. The van der Waals surface area contributed by atoms with Crippen molar-refractivity contribution in [2.24, 2.45) is 0 Å². The van der Waals surface area contributed by atoms with Crippen LogP contribution in [0.25, 0.3) is 0 Å². The second-order valence-corrected chi connectivity index (χ2v) is 10.1. The van der Waals surface area contributed by atoms with Gasteiger partial charge in [-0.1, -0.05) is 19.6 Å². The van der Waals surface area contributed by atoms with Gasteiger partial charge in [-0.2, -0.15) is 0 Å². The van der Waals surface area contributed by atoms with Crippen LogP contribution in [0, 0.1) is 0 Å². The standard InChI is InChI=1S/C10H23NOSSi/c1-6-12-10(13)8-7-9-11(2)14(3,4)5/h6-9H2,1-5H3. The lowest BCUT2D eigenvalue weighted by Crippen LogP contribution is -2.43. The average Bonchev–Trinajstić information content (AvgIpc) is 2.02. The first-order chi connectivity index (χ1) is 6.38. The van der Waals surface area contributed by atoms with Crippen LogP contribution in [0.3, 0.4) is 0 Å². The SMILES string of the molecule is CCOC(=S)CCCN(C)[Si](C)(C)C. The van der Waals surface area contributed by atoms with Crippen molar-refractivity contribution in [1.82, 2.24) is 4.57 Å². The van der Waals surface area contributed by atoms with Gasteiger partial charge in [0.2, 0.25) is 0 Å². The van der Waals surface area contributed by atoms with Gasteiger partial charge in [-0.15, -0.1) is 0 Å². The molecule has 0 heterocycles. The fourth-order valence-corrected chi connectivity index (χ4v) is 2.12. The van der Waals surface area contributed by atoms with Gasteiger partial charge in [0.25, 0.3) is 0 Å². The van der Waals surface area contributed by atoms with Crippen LogP contribution in [0.5, 0.6) is 0 Å². The van der Waals surface area contributed by atoms with Gasteiger partial charge in [0, 0.05) is 6.42 Å². The van der Waals surface area contributed by atoms with Gasteiger partial charge in [0.1, 0.15) is 8.24 Å². The summed E-state index contributed by atoms with van der Waals surface area (Å²) in [5.74, 6) is 0.